The van der Waals surface area contributed by atoms with Gasteiger partial charge in [0.25, 0.3) is 0 Å². The Morgan fingerprint density at radius 1 is 1.47 bits per heavy atom. The second-order valence-electron chi connectivity index (χ2n) is 5.00. The number of aryl methyl sites for hydroxylation is 1. The van der Waals surface area contributed by atoms with Crippen LogP contribution < -0.4 is 5.32 Å². The number of anilines is 1. The zero-order chi connectivity index (χ0) is 12.3. The van der Waals surface area contributed by atoms with Gasteiger partial charge in [-0.2, -0.15) is 5.26 Å². The first kappa shape index (κ1) is 11.8. The highest BCUT2D eigenvalue weighted by Gasteiger charge is 2.21. The Balaban J connectivity index is 1.95. The highest BCUT2D eigenvalue weighted by atomic mass is 15.1. The van der Waals surface area contributed by atoms with Gasteiger partial charge in [-0.05, 0) is 37.7 Å². The minimum absolute atomic E-state index is 0.430. The van der Waals surface area contributed by atoms with Crippen LogP contribution in [0.4, 0.5) is 5.95 Å². The largest absolute Gasteiger partial charge is 0.354 e. The summed E-state index contributed by atoms with van der Waals surface area (Å²) in [5.41, 5.74) is 1.26. The number of aromatic nitrogens is 2. The molecule has 2 atom stereocenters. The number of nitrogens with zero attached hydrogens (tertiary/aromatic N) is 3. The molecule has 1 aromatic heterocycles. The van der Waals surface area contributed by atoms with Crippen molar-refractivity contribution in [2.24, 2.45) is 11.8 Å². The lowest BCUT2D eigenvalue weighted by Crippen LogP contribution is -2.14. The van der Waals surface area contributed by atoms with E-state index in [4.69, 9.17) is 5.26 Å². The molecule has 1 fully saturated rings. The fraction of sp³-hybridized carbons (Fsp3) is 0.615. The number of rotatable bonds is 3. The zero-order valence-electron chi connectivity index (χ0n) is 10.4. The molecule has 0 saturated heterocycles. The van der Waals surface area contributed by atoms with Crippen molar-refractivity contribution in [2.45, 2.75) is 33.1 Å². The lowest BCUT2D eigenvalue weighted by atomic mass is 10.1. The molecule has 0 radical (unpaired) electrons. The maximum atomic E-state index is 8.83. The van der Waals surface area contributed by atoms with Crippen molar-refractivity contribution >= 4 is 5.95 Å². The second kappa shape index (κ2) is 5.13. The molecule has 1 heterocycles. The molecule has 0 spiro atoms. The van der Waals surface area contributed by atoms with Crippen LogP contribution in [0.1, 0.15) is 37.6 Å². The van der Waals surface area contributed by atoms with Gasteiger partial charge in [0.1, 0.15) is 11.8 Å². The van der Waals surface area contributed by atoms with E-state index in [0.29, 0.717) is 11.6 Å². The molecule has 2 unspecified atom stereocenters. The Labute approximate surface area is 102 Å². The topological polar surface area (TPSA) is 61.6 Å². The number of nitriles is 1. The third kappa shape index (κ3) is 3.16. The number of hydrogen-bond donors (Lipinski definition) is 1. The van der Waals surface area contributed by atoms with Gasteiger partial charge >= 0.3 is 0 Å². The molecular weight excluding hydrogens is 212 g/mol. The molecule has 1 N–H and O–H groups in total. The smallest absolute Gasteiger partial charge is 0.224 e. The summed E-state index contributed by atoms with van der Waals surface area (Å²) in [6.07, 6.45) is 3.89. The second-order valence-corrected chi connectivity index (χ2v) is 5.00. The van der Waals surface area contributed by atoms with Gasteiger partial charge in [-0.3, -0.25) is 0 Å². The lowest BCUT2D eigenvalue weighted by molar-refractivity contribution is 0.536. The molecule has 90 valence electrons. The van der Waals surface area contributed by atoms with Gasteiger partial charge in [0, 0.05) is 12.2 Å². The normalized spacial score (nSPS) is 23.4. The summed E-state index contributed by atoms with van der Waals surface area (Å²) >= 11 is 0. The van der Waals surface area contributed by atoms with Crippen LogP contribution in [0.2, 0.25) is 0 Å². The molecule has 0 amide bonds. The molecule has 1 saturated carbocycles. The average molecular weight is 230 g/mol. The van der Waals surface area contributed by atoms with Gasteiger partial charge in [0.2, 0.25) is 5.95 Å². The first-order valence-corrected chi connectivity index (χ1v) is 6.17. The molecule has 2 rings (SSSR count). The Kier molecular flexibility index (Phi) is 3.58. The highest BCUT2D eigenvalue weighted by molar-refractivity contribution is 5.32. The maximum Gasteiger partial charge on any atom is 0.224 e. The van der Waals surface area contributed by atoms with Crippen LogP contribution in [0.15, 0.2) is 6.07 Å². The summed E-state index contributed by atoms with van der Waals surface area (Å²) in [5, 5.41) is 12.1. The van der Waals surface area contributed by atoms with Crippen molar-refractivity contribution in [1.29, 1.82) is 5.26 Å². The molecule has 4 nitrogen and oxygen atoms in total. The van der Waals surface area contributed by atoms with Gasteiger partial charge in [-0.15, -0.1) is 0 Å². The molecule has 1 aliphatic rings. The van der Waals surface area contributed by atoms with E-state index < -0.39 is 0 Å². The molecule has 4 heteroatoms. The Morgan fingerprint density at radius 2 is 2.29 bits per heavy atom. The van der Waals surface area contributed by atoms with E-state index in [2.05, 4.69) is 28.3 Å². The Hall–Kier alpha value is -1.63. The van der Waals surface area contributed by atoms with Crippen LogP contribution in [0.5, 0.6) is 0 Å². The monoisotopic (exact) mass is 230 g/mol. The van der Waals surface area contributed by atoms with Gasteiger partial charge < -0.3 is 5.32 Å². The van der Waals surface area contributed by atoms with E-state index in [9.17, 15) is 0 Å². The van der Waals surface area contributed by atoms with E-state index in [1.807, 2.05) is 6.92 Å². The first-order chi connectivity index (χ1) is 8.17. The van der Waals surface area contributed by atoms with Crippen LogP contribution in [-0.4, -0.2) is 16.5 Å². The third-order valence-corrected chi connectivity index (χ3v) is 3.32. The van der Waals surface area contributed by atoms with Crippen LogP contribution >= 0.6 is 0 Å². The van der Waals surface area contributed by atoms with Gasteiger partial charge in [-0.25, -0.2) is 9.97 Å². The number of hydrogen-bond acceptors (Lipinski definition) is 4. The summed E-state index contributed by atoms with van der Waals surface area (Å²) in [4.78, 5) is 8.44. The fourth-order valence-electron chi connectivity index (χ4n) is 2.45. The molecule has 1 aromatic rings. The summed E-state index contributed by atoms with van der Waals surface area (Å²) in [6, 6.07) is 3.75. The molecule has 0 aliphatic heterocycles. The van der Waals surface area contributed by atoms with Crippen molar-refractivity contribution < 1.29 is 0 Å². The molecule has 0 aromatic carbocycles. The van der Waals surface area contributed by atoms with Gasteiger partial charge in [0.15, 0.2) is 0 Å². The maximum absolute atomic E-state index is 8.83. The average Bonchev–Trinajstić information content (AvgIpc) is 2.72. The lowest BCUT2D eigenvalue weighted by Gasteiger charge is -2.11. The first-order valence-electron chi connectivity index (χ1n) is 6.17. The van der Waals surface area contributed by atoms with Crippen molar-refractivity contribution in [1.82, 2.24) is 9.97 Å². The van der Waals surface area contributed by atoms with E-state index in [-0.39, 0.29) is 0 Å². The molecular formula is C13H18N4. The summed E-state index contributed by atoms with van der Waals surface area (Å²) in [5.74, 6) is 2.15. The summed E-state index contributed by atoms with van der Waals surface area (Å²) in [7, 11) is 0. The molecule has 1 aliphatic carbocycles. The number of nitrogens with one attached hydrogen (secondary N) is 1. The van der Waals surface area contributed by atoms with Crippen molar-refractivity contribution in [3.63, 3.8) is 0 Å². The van der Waals surface area contributed by atoms with Crippen LogP contribution in [0, 0.1) is 30.1 Å². The highest BCUT2D eigenvalue weighted by Crippen LogP contribution is 2.30. The predicted molar refractivity (Wildman–Crippen MR) is 66.5 cm³/mol. The van der Waals surface area contributed by atoms with Crippen LogP contribution in [0.25, 0.3) is 0 Å². The van der Waals surface area contributed by atoms with Crippen molar-refractivity contribution in [3.05, 3.63) is 17.5 Å². The van der Waals surface area contributed by atoms with Gasteiger partial charge in [0.05, 0.1) is 0 Å². The van der Waals surface area contributed by atoms with Crippen LogP contribution in [-0.2, 0) is 0 Å². The van der Waals surface area contributed by atoms with Gasteiger partial charge in [-0.1, -0.05) is 13.3 Å². The fourth-order valence-corrected chi connectivity index (χ4v) is 2.45. The van der Waals surface area contributed by atoms with E-state index in [1.165, 1.54) is 19.3 Å². The van der Waals surface area contributed by atoms with Crippen molar-refractivity contribution in [3.8, 4) is 6.07 Å². The minimum Gasteiger partial charge on any atom is -0.354 e. The molecule has 0 bridgehead atoms. The van der Waals surface area contributed by atoms with E-state index >= 15 is 0 Å². The van der Waals surface area contributed by atoms with Crippen LogP contribution in [0.3, 0.4) is 0 Å². The summed E-state index contributed by atoms with van der Waals surface area (Å²) in [6.45, 7) is 5.10. The Bertz CT molecular complexity index is 436. The van der Waals surface area contributed by atoms with E-state index in [1.54, 1.807) is 6.07 Å². The van der Waals surface area contributed by atoms with E-state index in [0.717, 1.165) is 24.1 Å². The van der Waals surface area contributed by atoms with Crippen molar-refractivity contribution in [2.75, 3.05) is 11.9 Å². The summed E-state index contributed by atoms with van der Waals surface area (Å²) < 4.78 is 0. The predicted octanol–water partition coefficient (Wildman–Crippen LogP) is 2.50. The zero-order valence-corrected chi connectivity index (χ0v) is 10.4. The quantitative estimate of drug-likeness (QED) is 0.866. The Morgan fingerprint density at radius 3 is 2.94 bits per heavy atom. The third-order valence-electron chi connectivity index (χ3n) is 3.32. The standard InChI is InChI=1S/C13H18N4/c1-9-3-4-11(5-9)8-15-13-16-10(2)6-12(7-14)17-13/h6,9,11H,3-5,8H2,1-2H3,(H,15,16,17). The minimum atomic E-state index is 0.430. The molecule has 17 heavy (non-hydrogen) atoms. The SMILES string of the molecule is Cc1cc(C#N)nc(NCC2CCC(C)C2)n1.